The standard InChI is InChI=1S/C11H19N5/c1-3-13-10-6-11(15-8-14-10)16-5-4-12-7-9(16)2/h6,8-9,12H,3-5,7H2,1-2H3,(H,13,14,15). The van der Waals surface area contributed by atoms with Gasteiger partial charge in [-0.05, 0) is 13.8 Å². The fourth-order valence-electron chi connectivity index (χ4n) is 1.96. The highest BCUT2D eigenvalue weighted by atomic mass is 15.3. The van der Waals surface area contributed by atoms with E-state index in [-0.39, 0.29) is 0 Å². The van der Waals surface area contributed by atoms with Gasteiger partial charge < -0.3 is 15.5 Å². The van der Waals surface area contributed by atoms with Crippen LogP contribution in [0, 0.1) is 0 Å². The lowest BCUT2D eigenvalue weighted by Gasteiger charge is -2.34. The Morgan fingerprint density at radius 1 is 1.56 bits per heavy atom. The molecule has 1 unspecified atom stereocenters. The van der Waals surface area contributed by atoms with Crippen molar-refractivity contribution in [2.24, 2.45) is 0 Å². The van der Waals surface area contributed by atoms with E-state index in [0.29, 0.717) is 6.04 Å². The van der Waals surface area contributed by atoms with Crippen LogP contribution < -0.4 is 15.5 Å². The lowest BCUT2D eigenvalue weighted by molar-refractivity contribution is 0.497. The molecule has 88 valence electrons. The van der Waals surface area contributed by atoms with E-state index in [1.54, 1.807) is 6.33 Å². The molecule has 1 aromatic rings. The molecule has 0 aromatic carbocycles. The summed E-state index contributed by atoms with van der Waals surface area (Å²) >= 11 is 0. The van der Waals surface area contributed by atoms with Gasteiger partial charge in [-0.25, -0.2) is 9.97 Å². The molecule has 0 amide bonds. The molecule has 0 radical (unpaired) electrons. The smallest absolute Gasteiger partial charge is 0.134 e. The number of nitrogens with zero attached hydrogens (tertiary/aromatic N) is 3. The summed E-state index contributed by atoms with van der Waals surface area (Å²) in [5.41, 5.74) is 0. The molecule has 1 aliphatic heterocycles. The molecule has 2 rings (SSSR count). The zero-order valence-electron chi connectivity index (χ0n) is 9.90. The number of piperazine rings is 1. The Labute approximate surface area is 96.3 Å². The van der Waals surface area contributed by atoms with Crippen molar-refractivity contribution in [3.63, 3.8) is 0 Å². The van der Waals surface area contributed by atoms with Crippen LogP contribution >= 0.6 is 0 Å². The van der Waals surface area contributed by atoms with Crippen molar-refractivity contribution in [2.75, 3.05) is 36.4 Å². The van der Waals surface area contributed by atoms with Gasteiger partial charge in [0.05, 0.1) is 0 Å². The quantitative estimate of drug-likeness (QED) is 0.787. The topological polar surface area (TPSA) is 53.1 Å². The minimum absolute atomic E-state index is 0.484. The van der Waals surface area contributed by atoms with Crippen molar-refractivity contribution in [1.82, 2.24) is 15.3 Å². The van der Waals surface area contributed by atoms with Crippen LogP contribution in [0.25, 0.3) is 0 Å². The highest BCUT2D eigenvalue weighted by Crippen LogP contribution is 2.17. The molecule has 5 nitrogen and oxygen atoms in total. The van der Waals surface area contributed by atoms with Crippen LogP contribution in [-0.4, -0.2) is 42.2 Å². The summed E-state index contributed by atoms with van der Waals surface area (Å²) in [5.74, 6) is 1.91. The van der Waals surface area contributed by atoms with Crippen LogP contribution in [0.5, 0.6) is 0 Å². The van der Waals surface area contributed by atoms with E-state index in [1.807, 2.05) is 6.07 Å². The Hall–Kier alpha value is -1.36. The zero-order valence-corrected chi connectivity index (χ0v) is 9.90. The summed E-state index contributed by atoms with van der Waals surface area (Å²) in [5, 5.41) is 6.58. The Morgan fingerprint density at radius 2 is 2.44 bits per heavy atom. The molecular weight excluding hydrogens is 202 g/mol. The molecule has 2 heterocycles. The number of nitrogens with one attached hydrogen (secondary N) is 2. The molecule has 1 fully saturated rings. The average Bonchev–Trinajstić information content (AvgIpc) is 2.30. The van der Waals surface area contributed by atoms with E-state index >= 15 is 0 Å². The fraction of sp³-hybridized carbons (Fsp3) is 0.636. The largest absolute Gasteiger partial charge is 0.370 e. The monoisotopic (exact) mass is 221 g/mol. The van der Waals surface area contributed by atoms with Crippen molar-refractivity contribution < 1.29 is 0 Å². The molecule has 5 heteroatoms. The maximum absolute atomic E-state index is 4.34. The van der Waals surface area contributed by atoms with E-state index in [1.165, 1.54) is 0 Å². The maximum Gasteiger partial charge on any atom is 0.134 e. The zero-order chi connectivity index (χ0) is 11.4. The van der Waals surface area contributed by atoms with Gasteiger partial charge in [0.1, 0.15) is 18.0 Å². The first kappa shape index (κ1) is 11.1. The molecule has 0 bridgehead atoms. The number of anilines is 2. The van der Waals surface area contributed by atoms with Crippen LogP contribution in [0.1, 0.15) is 13.8 Å². The van der Waals surface area contributed by atoms with Crippen LogP contribution in [-0.2, 0) is 0 Å². The second-order valence-corrected chi connectivity index (χ2v) is 4.04. The summed E-state index contributed by atoms with van der Waals surface area (Å²) < 4.78 is 0. The first-order valence-corrected chi connectivity index (χ1v) is 5.84. The third-order valence-corrected chi connectivity index (χ3v) is 2.81. The molecule has 2 N–H and O–H groups in total. The predicted molar refractivity (Wildman–Crippen MR) is 65.9 cm³/mol. The summed E-state index contributed by atoms with van der Waals surface area (Å²) in [6.07, 6.45) is 1.63. The van der Waals surface area contributed by atoms with Crippen LogP contribution in [0.15, 0.2) is 12.4 Å². The van der Waals surface area contributed by atoms with E-state index in [2.05, 4.69) is 39.3 Å². The van der Waals surface area contributed by atoms with Crippen molar-refractivity contribution in [2.45, 2.75) is 19.9 Å². The minimum atomic E-state index is 0.484. The minimum Gasteiger partial charge on any atom is -0.370 e. The molecule has 1 saturated heterocycles. The molecule has 0 spiro atoms. The molecule has 1 aliphatic rings. The Balaban J connectivity index is 2.15. The van der Waals surface area contributed by atoms with Crippen LogP contribution in [0.4, 0.5) is 11.6 Å². The normalized spacial score (nSPS) is 20.9. The Bertz CT molecular complexity index is 341. The first-order chi connectivity index (χ1) is 7.81. The van der Waals surface area contributed by atoms with E-state index in [4.69, 9.17) is 0 Å². The van der Waals surface area contributed by atoms with Gasteiger partial charge in [0, 0.05) is 38.3 Å². The van der Waals surface area contributed by atoms with E-state index in [0.717, 1.165) is 37.8 Å². The van der Waals surface area contributed by atoms with Crippen molar-refractivity contribution in [1.29, 1.82) is 0 Å². The lowest BCUT2D eigenvalue weighted by atomic mass is 10.2. The average molecular weight is 221 g/mol. The lowest BCUT2D eigenvalue weighted by Crippen LogP contribution is -2.50. The number of hydrogen-bond acceptors (Lipinski definition) is 5. The van der Waals surface area contributed by atoms with Gasteiger partial charge in [-0.2, -0.15) is 0 Å². The molecular formula is C11H19N5. The van der Waals surface area contributed by atoms with Gasteiger partial charge in [0.2, 0.25) is 0 Å². The molecule has 16 heavy (non-hydrogen) atoms. The second-order valence-electron chi connectivity index (χ2n) is 4.04. The van der Waals surface area contributed by atoms with Crippen molar-refractivity contribution in [3.8, 4) is 0 Å². The van der Waals surface area contributed by atoms with Crippen molar-refractivity contribution >= 4 is 11.6 Å². The summed E-state index contributed by atoms with van der Waals surface area (Å²) in [7, 11) is 0. The SMILES string of the molecule is CCNc1cc(N2CCNCC2C)ncn1. The summed E-state index contributed by atoms with van der Waals surface area (Å²) in [4.78, 5) is 10.8. The summed E-state index contributed by atoms with van der Waals surface area (Å²) in [6, 6.07) is 2.50. The van der Waals surface area contributed by atoms with Crippen molar-refractivity contribution in [3.05, 3.63) is 12.4 Å². The van der Waals surface area contributed by atoms with Gasteiger partial charge in [-0.1, -0.05) is 0 Å². The maximum atomic E-state index is 4.34. The highest BCUT2D eigenvalue weighted by Gasteiger charge is 2.19. The molecule has 0 saturated carbocycles. The van der Waals surface area contributed by atoms with Gasteiger partial charge in [-0.3, -0.25) is 0 Å². The summed E-state index contributed by atoms with van der Waals surface area (Å²) in [6.45, 7) is 8.19. The molecule has 0 aliphatic carbocycles. The first-order valence-electron chi connectivity index (χ1n) is 5.84. The van der Waals surface area contributed by atoms with E-state index in [9.17, 15) is 0 Å². The van der Waals surface area contributed by atoms with Crippen LogP contribution in [0.2, 0.25) is 0 Å². The molecule has 1 aromatic heterocycles. The number of aromatic nitrogens is 2. The van der Waals surface area contributed by atoms with E-state index < -0.39 is 0 Å². The second kappa shape index (κ2) is 5.12. The Morgan fingerprint density at radius 3 is 3.19 bits per heavy atom. The fourth-order valence-corrected chi connectivity index (χ4v) is 1.96. The van der Waals surface area contributed by atoms with Gasteiger partial charge in [0.15, 0.2) is 0 Å². The number of rotatable bonds is 3. The van der Waals surface area contributed by atoms with Gasteiger partial charge in [-0.15, -0.1) is 0 Å². The number of hydrogen-bond donors (Lipinski definition) is 2. The predicted octanol–water partition coefficient (Wildman–Crippen LogP) is 0.706. The molecule has 1 atom stereocenters. The Kier molecular flexibility index (Phi) is 3.56. The van der Waals surface area contributed by atoms with Gasteiger partial charge >= 0.3 is 0 Å². The third-order valence-electron chi connectivity index (χ3n) is 2.81. The van der Waals surface area contributed by atoms with Crippen LogP contribution in [0.3, 0.4) is 0 Å². The third kappa shape index (κ3) is 2.41. The van der Waals surface area contributed by atoms with Gasteiger partial charge in [0.25, 0.3) is 0 Å². The highest BCUT2D eigenvalue weighted by molar-refractivity contribution is 5.49.